The number of benzene rings is 2. The highest BCUT2D eigenvalue weighted by atomic mass is 16.5. The summed E-state index contributed by atoms with van der Waals surface area (Å²) in [4.78, 5) is 2.32. The van der Waals surface area contributed by atoms with Gasteiger partial charge < -0.3 is 19.7 Å². The van der Waals surface area contributed by atoms with Gasteiger partial charge in [0, 0.05) is 25.7 Å². The number of aromatic hydroxyl groups is 2. The van der Waals surface area contributed by atoms with Gasteiger partial charge in [-0.05, 0) is 60.1 Å². The van der Waals surface area contributed by atoms with Crippen LogP contribution in [0.2, 0.25) is 0 Å². The molecule has 0 amide bonds. The van der Waals surface area contributed by atoms with Crippen LogP contribution in [-0.4, -0.2) is 64.8 Å². The molecule has 1 saturated heterocycles. The van der Waals surface area contributed by atoms with E-state index in [1.807, 2.05) is 24.5 Å². The molecule has 1 aromatic heterocycles. The number of aromatic nitrogens is 3. The lowest BCUT2D eigenvalue weighted by Crippen LogP contribution is -2.40. The van der Waals surface area contributed by atoms with Gasteiger partial charge in [-0.2, -0.15) is 4.57 Å². The highest BCUT2D eigenvalue weighted by Gasteiger charge is 2.29. The summed E-state index contributed by atoms with van der Waals surface area (Å²) < 4.78 is 13.5. The molecule has 0 bridgehead atoms. The molecule has 180 valence electrons. The molecule has 2 aliphatic rings. The van der Waals surface area contributed by atoms with Crippen LogP contribution in [0.15, 0.2) is 30.3 Å². The minimum absolute atomic E-state index is 0.0136. The third-order valence-electron chi connectivity index (χ3n) is 6.78. The van der Waals surface area contributed by atoms with Gasteiger partial charge in [0.2, 0.25) is 0 Å². The summed E-state index contributed by atoms with van der Waals surface area (Å²) >= 11 is 0. The Morgan fingerprint density at radius 1 is 1.09 bits per heavy atom. The molecule has 34 heavy (non-hydrogen) atoms. The van der Waals surface area contributed by atoms with E-state index in [9.17, 15) is 10.2 Å². The second-order valence-electron chi connectivity index (χ2n) is 9.38. The van der Waals surface area contributed by atoms with E-state index in [1.165, 1.54) is 23.6 Å². The first-order valence-corrected chi connectivity index (χ1v) is 12.1. The number of aryl methyl sites for hydroxylation is 2. The summed E-state index contributed by atoms with van der Waals surface area (Å²) in [6, 6.07) is 10.1. The van der Waals surface area contributed by atoms with E-state index < -0.39 is 0 Å². The Bertz CT molecular complexity index is 1170. The van der Waals surface area contributed by atoms with E-state index in [1.54, 1.807) is 0 Å². The van der Waals surface area contributed by atoms with Crippen LogP contribution in [0.5, 0.6) is 17.5 Å². The summed E-state index contributed by atoms with van der Waals surface area (Å²) in [5.41, 5.74) is 4.99. The van der Waals surface area contributed by atoms with Crippen LogP contribution in [0.1, 0.15) is 42.9 Å². The van der Waals surface area contributed by atoms with E-state index in [0.717, 1.165) is 56.9 Å². The summed E-state index contributed by atoms with van der Waals surface area (Å²) in [6.45, 7) is 8.61. The number of aromatic amines is 1. The molecule has 8 heteroatoms. The molecule has 1 fully saturated rings. The van der Waals surface area contributed by atoms with Crippen LogP contribution in [0.4, 0.5) is 0 Å². The summed E-state index contributed by atoms with van der Waals surface area (Å²) in [6.07, 6.45) is 3.34. The van der Waals surface area contributed by atoms with Crippen molar-refractivity contribution >= 4 is 0 Å². The van der Waals surface area contributed by atoms with E-state index in [0.29, 0.717) is 24.0 Å². The number of rotatable bonds is 7. The highest BCUT2D eigenvalue weighted by Crippen LogP contribution is 2.37. The average molecular weight is 466 g/mol. The minimum atomic E-state index is -0.0136. The number of morpholine rings is 1. The number of fused-ring (bicyclic) bond motifs is 1. The Balaban J connectivity index is 1.52. The quantitative estimate of drug-likeness (QED) is 0.464. The molecule has 2 heterocycles. The first-order chi connectivity index (χ1) is 16.5. The van der Waals surface area contributed by atoms with Crippen LogP contribution in [0, 0.1) is 0 Å². The van der Waals surface area contributed by atoms with Gasteiger partial charge in [0.1, 0.15) is 23.8 Å². The first kappa shape index (κ1) is 22.7. The van der Waals surface area contributed by atoms with Crippen LogP contribution < -0.4 is 9.30 Å². The molecule has 1 aliphatic carbocycles. The molecule has 3 aromatic rings. The third kappa shape index (κ3) is 4.48. The predicted octanol–water partition coefficient (Wildman–Crippen LogP) is 3.09. The Hall–Kier alpha value is -3.10. The monoisotopic (exact) mass is 465 g/mol. The Morgan fingerprint density at radius 3 is 2.68 bits per heavy atom. The van der Waals surface area contributed by atoms with Crippen molar-refractivity contribution < 1.29 is 24.3 Å². The molecule has 8 nitrogen and oxygen atoms in total. The molecule has 0 spiro atoms. The average Bonchev–Trinajstić information content (AvgIpc) is 3.46. The second-order valence-corrected chi connectivity index (χ2v) is 9.38. The van der Waals surface area contributed by atoms with Crippen LogP contribution in [0.25, 0.3) is 17.1 Å². The van der Waals surface area contributed by atoms with Crippen molar-refractivity contribution in [3.63, 3.8) is 0 Å². The predicted molar refractivity (Wildman–Crippen MR) is 128 cm³/mol. The number of phenolic OH excluding ortho intramolecular Hbond substituents is 2. The fourth-order valence-electron chi connectivity index (χ4n) is 4.85. The van der Waals surface area contributed by atoms with Crippen molar-refractivity contribution in [3.8, 4) is 34.6 Å². The molecule has 2 aromatic carbocycles. The lowest BCUT2D eigenvalue weighted by Gasteiger charge is -2.25. The first-order valence-electron chi connectivity index (χ1n) is 12.1. The Morgan fingerprint density at radius 2 is 1.88 bits per heavy atom. The van der Waals surface area contributed by atoms with Crippen LogP contribution in [0.3, 0.4) is 0 Å². The minimum Gasteiger partial charge on any atom is -0.508 e. The summed E-state index contributed by atoms with van der Waals surface area (Å²) in [7, 11) is 0. The SMILES string of the molecule is CC(C)c1cc(-c2[nH]nc(OCCN3CCOCC3)[n+]2-c2ccc3c(c2)CCC3)c(O)cc1O. The van der Waals surface area contributed by atoms with Crippen molar-refractivity contribution in [2.24, 2.45) is 0 Å². The van der Waals surface area contributed by atoms with Gasteiger partial charge in [-0.15, -0.1) is 5.10 Å². The number of hydrogen-bond acceptors (Lipinski definition) is 6. The maximum absolute atomic E-state index is 10.8. The lowest BCUT2D eigenvalue weighted by molar-refractivity contribution is -0.592. The van der Waals surface area contributed by atoms with Crippen LogP contribution >= 0.6 is 0 Å². The zero-order valence-electron chi connectivity index (χ0n) is 19.9. The number of hydrogen-bond donors (Lipinski definition) is 3. The molecule has 0 saturated carbocycles. The summed E-state index contributed by atoms with van der Waals surface area (Å²) in [5, 5.41) is 28.7. The number of H-pyrrole nitrogens is 1. The third-order valence-corrected chi connectivity index (χ3v) is 6.78. The van der Waals surface area contributed by atoms with E-state index in [-0.39, 0.29) is 17.4 Å². The van der Waals surface area contributed by atoms with Crippen molar-refractivity contribution in [3.05, 3.63) is 47.0 Å². The zero-order valence-corrected chi connectivity index (χ0v) is 19.9. The number of phenols is 2. The van der Waals surface area contributed by atoms with Gasteiger partial charge in [-0.3, -0.25) is 4.90 Å². The molecule has 3 N–H and O–H groups in total. The Labute approximate surface area is 199 Å². The molecule has 0 atom stereocenters. The molecule has 5 rings (SSSR count). The lowest BCUT2D eigenvalue weighted by atomic mass is 9.98. The molecular formula is C26H33N4O4+. The number of nitrogens with one attached hydrogen (secondary N) is 1. The largest absolute Gasteiger partial charge is 0.508 e. The van der Waals surface area contributed by atoms with E-state index >= 15 is 0 Å². The van der Waals surface area contributed by atoms with Gasteiger partial charge in [-0.1, -0.05) is 19.9 Å². The van der Waals surface area contributed by atoms with Crippen LogP contribution in [-0.2, 0) is 17.6 Å². The van der Waals surface area contributed by atoms with Gasteiger partial charge in [0.05, 0.1) is 23.9 Å². The smallest absolute Gasteiger partial charge is 0.473 e. The molecular weight excluding hydrogens is 432 g/mol. The van der Waals surface area contributed by atoms with Crippen molar-refractivity contribution in [2.75, 3.05) is 39.5 Å². The Kier molecular flexibility index (Phi) is 6.43. The van der Waals surface area contributed by atoms with Gasteiger partial charge in [0.25, 0.3) is 5.82 Å². The maximum Gasteiger partial charge on any atom is 0.473 e. The second kappa shape index (κ2) is 9.64. The fraction of sp³-hybridized carbons (Fsp3) is 0.462. The topological polar surface area (TPSA) is 94.7 Å². The van der Waals surface area contributed by atoms with E-state index in [4.69, 9.17) is 9.47 Å². The van der Waals surface area contributed by atoms with Crippen molar-refractivity contribution in [1.82, 2.24) is 15.1 Å². The zero-order chi connectivity index (χ0) is 23.7. The molecule has 1 aliphatic heterocycles. The standard InChI is InChI=1S/C26H32N4O4/c1-17(2)21-15-22(24(32)16-23(21)31)25-27-28-26(34-13-10-29-8-11-33-12-9-29)30(25)20-7-6-18-4-3-5-19(18)14-20/h6-7,14-17H,3-5,8-13H2,1-2H3,(H2,27,31,32)/p+1. The van der Waals surface area contributed by atoms with Crippen molar-refractivity contribution in [2.45, 2.75) is 39.0 Å². The fourth-order valence-corrected chi connectivity index (χ4v) is 4.85. The number of nitrogens with zero attached hydrogens (tertiary/aromatic N) is 3. The van der Waals surface area contributed by atoms with E-state index in [2.05, 4.69) is 33.3 Å². The molecule has 0 unspecified atom stereocenters. The highest BCUT2D eigenvalue weighted by molar-refractivity contribution is 5.66. The molecule has 0 radical (unpaired) electrons. The van der Waals surface area contributed by atoms with Gasteiger partial charge in [-0.25, -0.2) is 0 Å². The van der Waals surface area contributed by atoms with Gasteiger partial charge >= 0.3 is 6.01 Å². The summed E-state index contributed by atoms with van der Waals surface area (Å²) in [5.74, 6) is 0.779. The van der Waals surface area contributed by atoms with Crippen molar-refractivity contribution in [1.29, 1.82) is 0 Å². The maximum atomic E-state index is 10.8. The number of ether oxygens (including phenoxy) is 2. The van der Waals surface area contributed by atoms with Gasteiger partial charge in [0.15, 0.2) is 0 Å². The normalized spacial score (nSPS) is 16.2.